The summed E-state index contributed by atoms with van der Waals surface area (Å²) in [5, 5.41) is 5.51. The Kier molecular flexibility index (Phi) is 6.28. The third-order valence-electron chi connectivity index (χ3n) is 6.49. The van der Waals surface area contributed by atoms with Crippen molar-refractivity contribution in [2.24, 2.45) is 0 Å². The van der Waals surface area contributed by atoms with Gasteiger partial charge in [-0.1, -0.05) is 48.9 Å². The summed E-state index contributed by atoms with van der Waals surface area (Å²) >= 11 is 0. The molecule has 0 spiro atoms. The fourth-order valence-electron chi connectivity index (χ4n) is 4.47. The number of piperidine rings is 1. The molecule has 2 aliphatic rings. The fourth-order valence-corrected chi connectivity index (χ4v) is 4.47. The van der Waals surface area contributed by atoms with E-state index in [1.807, 2.05) is 42.5 Å². The normalized spacial score (nSPS) is 23.8. The molecule has 4 rings (SSSR count). The molecule has 2 saturated heterocycles. The van der Waals surface area contributed by atoms with Crippen LogP contribution in [0.2, 0.25) is 0 Å². The molecule has 7 nitrogen and oxygen atoms in total. The Morgan fingerprint density at radius 2 is 1.81 bits per heavy atom. The second-order valence-electron chi connectivity index (χ2n) is 8.87. The summed E-state index contributed by atoms with van der Waals surface area (Å²) in [6.45, 7) is 5.61. The van der Waals surface area contributed by atoms with Gasteiger partial charge < -0.3 is 10.6 Å². The Hall–Kier alpha value is -3.19. The van der Waals surface area contributed by atoms with Crippen molar-refractivity contribution in [3.8, 4) is 0 Å². The van der Waals surface area contributed by atoms with Gasteiger partial charge in [0.1, 0.15) is 12.1 Å². The molecule has 7 heteroatoms. The summed E-state index contributed by atoms with van der Waals surface area (Å²) in [7, 11) is 0. The number of carbonyl (C=O) groups excluding carboxylic acids is 3. The Morgan fingerprint density at radius 1 is 1.09 bits per heavy atom. The van der Waals surface area contributed by atoms with E-state index < -0.39 is 23.4 Å². The number of amides is 4. The Bertz CT molecular complexity index is 992. The molecule has 2 unspecified atom stereocenters. The number of anilines is 1. The van der Waals surface area contributed by atoms with Gasteiger partial charge in [-0.15, -0.1) is 0 Å². The lowest BCUT2D eigenvalue weighted by molar-refractivity contribution is -0.133. The predicted octanol–water partition coefficient (Wildman–Crippen LogP) is 3.47. The number of benzene rings is 2. The second-order valence-corrected chi connectivity index (χ2v) is 8.87. The number of urea groups is 1. The largest absolute Gasteiger partial charge is 0.325 e. The third kappa shape index (κ3) is 4.53. The number of imide groups is 1. The van der Waals surface area contributed by atoms with Crippen molar-refractivity contribution in [3.63, 3.8) is 0 Å². The Morgan fingerprint density at radius 3 is 2.50 bits per heavy atom. The molecule has 2 fully saturated rings. The van der Waals surface area contributed by atoms with Gasteiger partial charge >= 0.3 is 6.03 Å². The van der Waals surface area contributed by atoms with E-state index >= 15 is 0 Å². The molecule has 2 heterocycles. The van der Waals surface area contributed by atoms with Gasteiger partial charge in [0.2, 0.25) is 5.91 Å². The lowest BCUT2D eigenvalue weighted by atomic mass is 9.92. The zero-order valence-corrected chi connectivity index (χ0v) is 18.6. The molecule has 2 aliphatic heterocycles. The smallest absolute Gasteiger partial charge is 0.325 e. The summed E-state index contributed by atoms with van der Waals surface area (Å²) in [4.78, 5) is 41.4. The maximum atomic E-state index is 12.9. The molecule has 2 aromatic rings. The van der Waals surface area contributed by atoms with E-state index in [9.17, 15) is 14.4 Å². The van der Waals surface area contributed by atoms with E-state index in [4.69, 9.17) is 0 Å². The zero-order valence-electron chi connectivity index (χ0n) is 18.6. The van der Waals surface area contributed by atoms with Crippen molar-refractivity contribution in [1.82, 2.24) is 15.1 Å². The Balaban J connectivity index is 1.35. The van der Waals surface area contributed by atoms with E-state index in [0.717, 1.165) is 18.0 Å². The molecule has 168 valence electrons. The standard InChI is InChI=1S/C25H30N4O3/c1-18-8-6-7-15-28(18)16-19-11-13-21(14-12-19)26-22(30)17-29-23(31)25(2,27-24(29)32)20-9-4-3-5-10-20/h3-5,9-14,18H,6-8,15-17H2,1-2H3,(H,26,30)(H,27,32). The molecule has 0 aliphatic carbocycles. The molecule has 2 aromatic carbocycles. The first-order valence-electron chi connectivity index (χ1n) is 11.2. The number of likely N-dealkylation sites (tertiary alicyclic amines) is 1. The van der Waals surface area contributed by atoms with E-state index in [1.165, 1.54) is 24.8 Å². The summed E-state index contributed by atoms with van der Waals surface area (Å²) in [6, 6.07) is 16.8. The molecule has 2 atom stereocenters. The summed E-state index contributed by atoms with van der Waals surface area (Å²) < 4.78 is 0. The van der Waals surface area contributed by atoms with E-state index in [2.05, 4.69) is 22.5 Å². The fraction of sp³-hybridized carbons (Fsp3) is 0.400. The first-order chi connectivity index (χ1) is 15.4. The number of nitrogens with one attached hydrogen (secondary N) is 2. The lowest BCUT2D eigenvalue weighted by Crippen LogP contribution is -2.42. The minimum atomic E-state index is -1.17. The van der Waals surface area contributed by atoms with Crippen LogP contribution in [0.25, 0.3) is 0 Å². The Labute approximate surface area is 188 Å². The number of hydrogen-bond donors (Lipinski definition) is 2. The zero-order chi connectivity index (χ0) is 22.7. The van der Waals surface area contributed by atoms with Crippen molar-refractivity contribution in [1.29, 1.82) is 0 Å². The number of carbonyl (C=O) groups is 3. The highest BCUT2D eigenvalue weighted by atomic mass is 16.2. The van der Waals surface area contributed by atoms with Crippen molar-refractivity contribution in [2.45, 2.75) is 51.2 Å². The van der Waals surface area contributed by atoms with Crippen LogP contribution in [0.15, 0.2) is 54.6 Å². The molecular formula is C25H30N4O3. The van der Waals surface area contributed by atoms with Gasteiger partial charge in [0.15, 0.2) is 0 Å². The number of nitrogens with zero attached hydrogens (tertiary/aromatic N) is 2. The van der Waals surface area contributed by atoms with Gasteiger partial charge in [0.25, 0.3) is 5.91 Å². The average Bonchev–Trinajstić information content (AvgIpc) is 3.01. The van der Waals surface area contributed by atoms with Crippen LogP contribution >= 0.6 is 0 Å². The highest BCUT2D eigenvalue weighted by molar-refractivity contribution is 6.10. The minimum absolute atomic E-state index is 0.333. The molecule has 0 saturated carbocycles. The second kappa shape index (κ2) is 9.12. The number of hydrogen-bond acceptors (Lipinski definition) is 4. The van der Waals surface area contributed by atoms with Gasteiger partial charge in [-0.3, -0.25) is 19.4 Å². The molecule has 0 radical (unpaired) electrons. The average molecular weight is 435 g/mol. The van der Waals surface area contributed by atoms with Crippen LogP contribution in [0.3, 0.4) is 0 Å². The molecule has 32 heavy (non-hydrogen) atoms. The molecule has 0 aromatic heterocycles. The van der Waals surface area contributed by atoms with Crippen LogP contribution in [0.5, 0.6) is 0 Å². The van der Waals surface area contributed by atoms with Crippen molar-refractivity contribution >= 4 is 23.5 Å². The summed E-state index contributed by atoms with van der Waals surface area (Å²) in [6.07, 6.45) is 3.77. The first-order valence-corrected chi connectivity index (χ1v) is 11.2. The third-order valence-corrected chi connectivity index (χ3v) is 6.49. The minimum Gasteiger partial charge on any atom is -0.325 e. The van der Waals surface area contributed by atoms with Crippen LogP contribution in [0.1, 0.15) is 44.2 Å². The van der Waals surface area contributed by atoms with Crippen molar-refractivity contribution < 1.29 is 14.4 Å². The summed E-state index contributed by atoms with van der Waals surface area (Å²) in [5.74, 6) is -0.849. The first kappa shape index (κ1) is 22.0. The van der Waals surface area contributed by atoms with Gasteiger partial charge in [-0.05, 0) is 56.5 Å². The lowest BCUT2D eigenvalue weighted by Gasteiger charge is -2.33. The van der Waals surface area contributed by atoms with Crippen LogP contribution < -0.4 is 10.6 Å². The van der Waals surface area contributed by atoms with Crippen LogP contribution in [0, 0.1) is 0 Å². The van der Waals surface area contributed by atoms with Crippen molar-refractivity contribution in [3.05, 3.63) is 65.7 Å². The molecule has 4 amide bonds. The van der Waals surface area contributed by atoms with Gasteiger partial charge in [-0.25, -0.2) is 4.79 Å². The van der Waals surface area contributed by atoms with Gasteiger partial charge in [0, 0.05) is 18.3 Å². The van der Waals surface area contributed by atoms with Crippen LogP contribution in [-0.2, 0) is 21.7 Å². The van der Waals surface area contributed by atoms with Gasteiger partial charge in [-0.2, -0.15) is 0 Å². The maximum Gasteiger partial charge on any atom is 0.325 e. The molecule has 2 N–H and O–H groups in total. The predicted molar refractivity (Wildman–Crippen MR) is 123 cm³/mol. The maximum absolute atomic E-state index is 12.9. The van der Waals surface area contributed by atoms with Crippen molar-refractivity contribution in [2.75, 3.05) is 18.4 Å². The van der Waals surface area contributed by atoms with E-state index in [-0.39, 0.29) is 6.54 Å². The van der Waals surface area contributed by atoms with Crippen LogP contribution in [-0.4, -0.2) is 46.8 Å². The van der Waals surface area contributed by atoms with E-state index in [0.29, 0.717) is 17.3 Å². The number of rotatable bonds is 6. The topological polar surface area (TPSA) is 81.8 Å². The molecular weight excluding hydrogens is 404 g/mol. The van der Waals surface area contributed by atoms with E-state index in [1.54, 1.807) is 19.1 Å². The monoisotopic (exact) mass is 434 g/mol. The summed E-state index contributed by atoms with van der Waals surface area (Å²) in [5.41, 5.74) is 1.35. The highest BCUT2D eigenvalue weighted by Gasteiger charge is 2.49. The highest BCUT2D eigenvalue weighted by Crippen LogP contribution is 2.28. The van der Waals surface area contributed by atoms with Gasteiger partial charge in [0.05, 0.1) is 0 Å². The SMILES string of the molecule is CC1CCCCN1Cc1ccc(NC(=O)CN2C(=O)NC(C)(c3ccccc3)C2=O)cc1. The quantitative estimate of drug-likeness (QED) is 0.682. The molecule has 0 bridgehead atoms. The van der Waals surface area contributed by atoms with Crippen LogP contribution in [0.4, 0.5) is 10.5 Å².